The molecule has 6 nitrogen and oxygen atoms in total. The molecule has 1 heterocycles. The number of aryl methyl sites for hydroxylation is 2. The number of hydrogen-bond acceptors (Lipinski definition) is 5. The lowest BCUT2D eigenvalue weighted by molar-refractivity contribution is -0.113. The van der Waals surface area contributed by atoms with Gasteiger partial charge in [-0.25, -0.2) is 0 Å². The molecule has 0 saturated heterocycles. The van der Waals surface area contributed by atoms with E-state index in [4.69, 9.17) is 27.9 Å². The lowest BCUT2D eigenvalue weighted by Crippen LogP contribution is -2.15. The number of carbonyl (C=O) groups excluding carboxylic acids is 1. The van der Waals surface area contributed by atoms with E-state index in [1.54, 1.807) is 18.2 Å². The fourth-order valence-electron chi connectivity index (χ4n) is 2.73. The molecule has 0 radical (unpaired) electrons. The zero-order valence-electron chi connectivity index (χ0n) is 16.9. The standard InChI is InChI=1S/C21H22Cl2N4O2S/c1-4-27-19(11-29-18-8-6-15(22)10-17(18)23)25-26-21(27)30-12-20(28)24-16-7-5-13(2)14(3)9-16/h5-10H,4,11-12H2,1-3H3,(H,24,28). The van der Waals surface area contributed by atoms with Gasteiger partial charge in [0.05, 0.1) is 10.8 Å². The largest absolute Gasteiger partial charge is 0.484 e. The van der Waals surface area contributed by atoms with Crippen molar-refractivity contribution in [2.75, 3.05) is 11.1 Å². The predicted molar refractivity (Wildman–Crippen MR) is 122 cm³/mol. The number of rotatable bonds is 8. The van der Waals surface area contributed by atoms with Gasteiger partial charge >= 0.3 is 0 Å². The van der Waals surface area contributed by atoms with Gasteiger partial charge in [-0.15, -0.1) is 10.2 Å². The number of anilines is 1. The summed E-state index contributed by atoms with van der Waals surface area (Å²) in [5, 5.41) is 13.0. The van der Waals surface area contributed by atoms with E-state index in [1.807, 2.05) is 43.5 Å². The Morgan fingerprint density at radius 1 is 1.13 bits per heavy atom. The molecule has 0 aliphatic heterocycles. The van der Waals surface area contributed by atoms with Crippen LogP contribution in [-0.4, -0.2) is 26.4 Å². The molecule has 0 aliphatic carbocycles. The second-order valence-corrected chi connectivity index (χ2v) is 8.43. The number of nitrogens with one attached hydrogen (secondary N) is 1. The summed E-state index contributed by atoms with van der Waals surface area (Å²) < 4.78 is 7.67. The minimum absolute atomic E-state index is 0.0975. The Morgan fingerprint density at radius 2 is 1.93 bits per heavy atom. The maximum absolute atomic E-state index is 12.3. The molecule has 3 aromatic rings. The third-order valence-corrected chi connectivity index (χ3v) is 5.98. The zero-order valence-corrected chi connectivity index (χ0v) is 19.2. The van der Waals surface area contributed by atoms with E-state index in [0.717, 1.165) is 11.3 Å². The lowest BCUT2D eigenvalue weighted by Gasteiger charge is -2.10. The quantitative estimate of drug-likeness (QED) is 0.443. The normalized spacial score (nSPS) is 10.8. The minimum atomic E-state index is -0.0975. The van der Waals surface area contributed by atoms with E-state index in [1.165, 1.54) is 17.3 Å². The average Bonchev–Trinajstić information content (AvgIpc) is 3.10. The van der Waals surface area contributed by atoms with Gasteiger partial charge in [0.2, 0.25) is 5.91 Å². The van der Waals surface area contributed by atoms with Gasteiger partial charge in [0.25, 0.3) is 0 Å². The van der Waals surface area contributed by atoms with E-state index in [0.29, 0.717) is 33.3 Å². The summed E-state index contributed by atoms with van der Waals surface area (Å²) in [6.45, 7) is 6.90. The van der Waals surface area contributed by atoms with Crippen LogP contribution in [0.3, 0.4) is 0 Å². The van der Waals surface area contributed by atoms with Crippen LogP contribution in [0.2, 0.25) is 10.0 Å². The maximum atomic E-state index is 12.3. The molecule has 0 unspecified atom stereocenters. The van der Waals surface area contributed by atoms with Crippen molar-refractivity contribution in [1.29, 1.82) is 0 Å². The van der Waals surface area contributed by atoms with Crippen molar-refractivity contribution in [3.05, 3.63) is 63.4 Å². The third kappa shape index (κ3) is 5.68. The fourth-order valence-corrected chi connectivity index (χ4v) is 4.02. The van der Waals surface area contributed by atoms with Gasteiger partial charge in [-0.2, -0.15) is 0 Å². The number of amides is 1. The Kier molecular flexibility index (Phi) is 7.64. The Balaban J connectivity index is 1.59. The number of ether oxygens (including phenoxy) is 1. The van der Waals surface area contributed by atoms with Gasteiger partial charge in [-0.1, -0.05) is 41.0 Å². The molecule has 0 fully saturated rings. The van der Waals surface area contributed by atoms with Crippen molar-refractivity contribution in [2.24, 2.45) is 0 Å². The van der Waals surface area contributed by atoms with Crippen LogP contribution in [0.15, 0.2) is 41.6 Å². The van der Waals surface area contributed by atoms with Crippen molar-refractivity contribution in [1.82, 2.24) is 14.8 Å². The highest BCUT2D eigenvalue weighted by Crippen LogP contribution is 2.28. The number of nitrogens with zero attached hydrogens (tertiary/aromatic N) is 3. The summed E-state index contributed by atoms with van der Waals surface area (Å²) in [6, 6.07) is 10.9. The lowest BCUT2D eigenvalue weighted by atomic mass is 10.1. The molecular weight excluding hydrogens is 443 g/mol. The smallest absolute Gasteiger partial charge is 0.234 e. The van der Waals surface area contributed by atoms with Crippen LogP contribution in [0, 0.1) is 13.8 Å². The van der Waals surface area contributed by atoms with Crippen molar-refractivity contribution in [3.63, 3.8) is 0 Å². The summed E-state index contributed by atoms with van der Waals surface area (Å²) in [7, 11) is 0. The predicted octanol–water partition coefficient (Wildman–Crippen LogP) is 5.53. The van der Waals surface area contributed by atoms with E-state index in [-0.39, 0.29) is 18.3 Å². The molecule has 0 bridgehead atoms. The van der Waals surface area contributed by atoms with Crippen molar-refractivity contribution >= 4 is 46.6 Å². The summed E-state index contributed by atoms with van der Waals surface area (Å²) in [5.41, 5.74) is 3.11. The number of hydrogen-bond donors (Lipinski definition) is 1. The van der Waals surface area contributed by atoms with Gasteiger partial charge < -0.3 is 14.6 Å². The molecule has 9 heteroatoms. The maximum Gasteiger partial charge on any atom is 0.234 e. The Labute approximate surface area is 189 Å². The van der Waals surface area contributed by atoms with E-state index >= 15 is 0 Å². The molecule has 30 heavy (non-hydrogen) atoms. The van der Waals surface area contributed by atoms with Crippen molar-refractivity contribution in [3.8, 4) is 5.75 Å². The fraction of sp³-hybridized carbons (Fsp3) is 0.286. The first-order valence-electron chi connectivity index (χ1n) is 9.37. The molecule has 158 valence electrons. The number of carbonyl (C=O) groups is 1. The third-order valence-electron chi connectivity index (χ3n) is 4.48. The van der Waals surface area contributed by atoms with E-state index in [2.05, 4.69) is 15.5 Å². The van der Waals surface area contributed by atoms with Gasteiger partial charge in [0.15, 0.2) is 11.0 Å². The van der Waals surface area contributed by atoms with Crippen molar-refractivity contribution in [2.45, 2.75) is 39.1 Å². The second kappa shape index (κ2) is 10.2. The first-order valence-corrected chi connectivity index (χ1v) is 11.1. The van der Waals surface area contributed by atoms with E-state index in [9.17, 15) is 4.79 Å². The Bertz CT molecular complexity index is 1060. The number of halogens is 2. The van der Waals surface area contributed by atoms with Crippen LogP contribution >= 0.6 is 35.0 Å². The van der Waals surface area contributed by atoms with Gasteiger partial charge in [0, 0.05) is 17.3 Å². The minimum Gasteiger partial charge on any atom is -0.484 e. The van der Waals surface area contributed by atoms with Crippen LogP contribution in [0.4, 0.5) is 5.69 Å². The highest BCUT2D eigenvalue weighted by atomic mass is 35.5. The first-order chi connectivity index (χ1) is 14.4. The monoisotopic (exact) mass is 464 g/mol. The molecule has 0 saturated carbocycles. The van der Waals surface area contributed by atoms with Gasteiger partial charge in [-0.05, 0) is 62.2 Å². The zero-order chi connectivity index (χ0) is 21.7. The van der Waals surface area contributed by atoms with Crippen LogP contribution in [0.5, 0.6) is 5.75 Å². The highest BCUT2D eigenvalue weighted by Gasteiger charge is 2.14. The molecule has 0 spiro atoms. The number of benzene rings is 2. The first kappa shape index (κ1) is 22.5. The van der Waals surface area contributed by atoms with Gasteiger partial charge in [0.1, 0.15) is 12.4 Å². The van der Waals surface area contributed by atoms with Crippen LogP contribution in [0.25, 0.3) is 0 Å². The molecule has 0 aliphatic rings. The van der Waals surface area contributed by atoms with Crippen LogP contribution in [-0.2, 0) is 17.9 Å². The van der Waals surface area contributed by atoms with Gasteiger partial charge in [-0.3, -0.25) is 4.79 Å². The topological polar surface area (TPSA) is 69.0 Å². The second-order valence-electron chi connectivity index (χ2n) is 6.64. The molecular formula is C21H22Cl2N4O2S. The molecule has 3 rings (SSSR count). The Morgan fingerprint density at radius 3 is 2.63 bits per heavy atom. The average molecular weight is 465 g/mol. The van der Waals surface area contributed by atoms with Crippen LogP contribution in [0.1, 0.15) is 23.9 Å². The molecule has 1 amide bonds. The molecule has 1 N–H and O–H groups in total. The molecule has 2 aromatic carbocycles. The SMILES string of the molecule is CCn1c(COc2ccc(Cl)cc2Cl)nnc1SCC(=O)Nc1ccc(C)c(C)c1. The molecule has 1 aromatic heterocycles. The summed E-state index contributed by atoms with van der Waals surface area (Å²) in [6.07, 6.45) is 0. The molecule has 0 atom stereocenters. The van der Waals surface area contributed by atoms with Crippen molar-refractivity contribution < 1.29 is 9.53 Å². The summed E-state index contributed by atoms with van der Waals surface area (Å²) >= 11 is 13.4. The number of aromatic nitrogens is 3. The summed E-state index contributed by atoms with van der Waals surface area (Å²) in [4.78, 5) is 12.3. The summed E-state index contributed by atoms with van der Waals surface area (Å²) in [5.74, 6) is 1.31. The highest BCUT2D eigenvalue weighted by molar-refractivity contribution is 7.99. The van der Waals surface area contributed by atoms with Crippen LogP contribution < -0.4 is 10.1 Å². The Hall–Kier alpha value is -2.22. The van der Waals surface area contributed by atoms with E-state index < -0.39 is 0 Å². The number of thioether (sulfide) groups is 1.